The smallest absolute Gasteiger partial charge is 0.241 e. The van der Waals surface area contributed by atoms with Crippen LogP contribution in [0.1, 0.15) is 39.9 Å². The number of carbonyl (C=O) groups is 1. The van der Waals surface area contributed by atoms with Gasteiger partial charge in [-0.15, -0.1) is 0 Å². The first-order valence-electron chi connectivity index (χ1n) is 11.9. The number of methoxy groups -OCH3 is 5. The monoisotopic (exact) mass is 500 g/mol. The van der Waals surface area contributed by atoms with Crippen molar-refractivity contribution in [3.63, 3.8) is 0 Å². The van der Waals surface area contributed by atoms with Gasteiger partial charge in [0, 0.05) is 17.5 Å². The molecule has 0 saturated carbocycles. The number of carbonyl (C=O) groups excluding carboxylic acids is 1. The molecule has 1 unspecified atom stereocenters. The Morgan fingerprint density at radius 2 is 1.56 bits per heavy atom. The number of benzene rings is 2. The summed E-state index contributed by atoms with van der Waals surface area (Å²) in [5, 5.41) is 10.7. The Morgan fingerprint density at radius 3 is 2.08 bits per heavy atom. The molecule has 1 amide bonds. The van der Waals surface area contributed by atoms with Crippen molar-refractivity contribution in [2.24, 2.45) is 0 Å². The van der Waals surface area contributed by atoms with E-state index in [1.165, 1.54) is 0 Å². The second-order valence-electron chi connectivity index (χ2n) is 9.39. The molecule has 0 bridgehead atoms. The fraction of sp³-hybridized carbons (Fsp3) is 0.519. The van der Waals surface area contributed by atoms with Gasteiger partial charge in [-0.25, -0.2) is 0 Å². The summed E-state index contributed by atoms with van der Waals surface area (Å²) >= 11 is 0. The lowest BCUT2D eigenvalue weighted by Gasteiger charge is -2.44. The maximum absolute atomic E-state index is 14.2. The Labute approximate surface area is 212 Å². The first-order valence-corrected chi connectivity index (χ1v) is 11.9. The molecule has 36 heavy (non-hydrogen) atoms. The molecule has 2 aliphatic heterocycles. The van der Waals surface area contributed by atoms with Gasteiger partial charge in [0.25, 0.3) is 0 Å². The van der Waals surface area contributed by atoms with Crippen molar-refractivity contribution in [2.75, 3.05) is 56.3 Å². The van der Waals surface area contributed by atoms with E-state index in [1.54, 1.807) is 35.5 Å². The second-order valence-corrected chi connectivity index (χ2v) is 9.39. The zero-order valence-corrected chi connectivity index (χ0v) is 22.3. The molecule has 196 valence electrons. The predicted octanol–water partition coefficient (Wildman–Crippen LogP) is 2.68. The van der Waals surface area contributed by atoms with Crippen LogP contribution in [0.4, 0.5) is 0 Å². The van der Waals surface area contributed by atoms with Crippen LogP contribution < -0.4 is 23.7 Å². The third kappa shape index (κ3) is 3.81. The first-order chi connectivity index (χ1) is 17.3. The molecule has 9 nitrogen and oxygen atoms in total. The van der Waals surface area contributed by atoms with Crippen molar-refractivity contribution in [3.05, 3.63) is 39.9 Å². The third-order valence-electron chi connectivity index (χ3n) is 7.43. The van der Waals surface area contributed by atoms with Crippen molar-refractivity contribution in [1.29, 1.82) is 0 Å². The molecular formula is C27H36N2O7. The number of nitrogens with zero attached hydrogens (tertiary/aromatic N) is 2. The number of ether oxygens (including phenoxy) is 5. The van der Waals surface area contributed by atoms with Gasteiger partial charge >= 0.3 is 0 Å². The molecule has 0 spiro atoms. The molecule has 0 radical (unpaired) electrons. The summed E-state index contributed by atoms with van der Waals surface area (Å²) in [5.74, 6) is 2.66. The molecule has 2 aromatic rings. The number of rotatable bonds is 7. The summed E-state index contributed by atoms with van der Waals surface area (Å²) < 4.78 is 28.6. The van der Waals surface area contributed by atoms with Gasteiger partial charge in [-0.05, 0) is 50.2 Å². The van der Waals surface area contributed by atoms with E-state index in [1.807, 2.05) is 36.9 Å². The lowest BCUT2D eigenvalue weighted by Crippen LogP contribution is -2.50. The summed E-state index contributed by atoms with van der Waals surface area (Å²) in [6.45, 7) is 1.70. The molecule has 1 N–H and O–H groups in total. The Kier molecular flexibility index (Phi) is 7.24. The maximum atomic E-state index is 14.2. The normalized spacial score (nSPS) is 20.8. The van der Waals surface area contributed by atoms with Crippen LogP contribution in [0.25, 0.3) is 0 Å². The average Bonchev–Trinajstić information content (AvgIpc) is 2.99. The maximum Gasteiger partial charge on any atom is 0.241 e. The van der Waals surface area contributed by atoms with Crippen LogP contribution in [0.5, 0.6) is 28.7 Å². The van der Waals surface area contributed by atoms with Crippen LogP contribution in [-0.4, -0.2) is 83.1 Å². The molecule has 2 aromatic carbocycles. The molecule has 0 fully saturated rings. The van der Waals surface area contributed by atoms with Crippen molar-refractivity contribution in [2.45, 2.75) is 37.9 Å². The van der Waals surface area contributed by atoms with Gasteiger partial charge in [-0.2, -0.15) is 0 Å². The van der Waals surface area contributed by atoms with Crippen LogP contribution in [0.2, 0.25) is 0 Å². The van der Waals surface area contributed by atoms with Gasteiger partial charge in [-0.1, -0.05) is 6.07 Å². The van der Waals surface area contributed by atoms with Gasteiger partial charge in [0.2, 0.25) is 11.7 Å². The van der Waals surface area contributed by atoms with Crippen molar-refractivity contribution < 1.29 is 33.6 Å². The number of amides is 1. The summed E-state index contributed by atoms with van der Waals surface area (Å²) in [5.41, 5.74) is 4.52. The van der Waals surface area contributed by atoms with E-state index in [-0.39, 0.29) is 18.6 Å². The highest BCUT2D eigenvalue weighted by Crippen LogP contribution is 2.53. The number of aliphatic hydroxyl groups is 1. The average molecular weight is 501 g/mol. The van der Waals surface area contributed by atoms with E-state index >= 15 is 0 Å². The van der Waals surface area contributed by atoms with Gasteiger partial charge in [0.1, 0.15) is 0 Å². The van der Waals surface area contributed by atoms with Crippen molar-refractivity contribution in [1.82, 2.24) is 9.80 Å². The number of hydrogen-bond donors (Lipinski definition) is 1. The zero-order chi connectivity index (χ0) is 26.3. The van der Waals surface area contributed by atoms with E-state index in [0.29, 0.717) is 41.6 Å². The van der Waals surface area contributed by atoms with Crippen molar-refractivity contribution in [3.8, 4) is 28.7 Å². The van der Waals surface area contributed by atoms with Crippen molar-refractivity contribution >= 4 is 5.91 Å². The Balaban J connectivity index is 2.06. The van der Waals surface area contributed by atoms with Gasteiger partial charge in [-0.3, -0.25) is 9.69 Å². The fourth-order valence-corrected chi connectivity index (χ4v) is 5.85. The molecule has 3 atom stereocenters. The van der Waals surface area contributed by atoms with Crippen LogP contribution in [-0.2, 0) is 17.6 Å². The largest absolute Gasteiger partial charge is 0.493 e. The van der Waals surface area contributed by atoms with E-state index < -0.39 is 12.1 Å². The SMILES string of the molecule is COc1cc2c(c(OC)c1OC)CC(N(C)C)C(=O)N1[C@H]2Cc2cc(C)c(OC)c(OC)c2[C@@H]1CO. The molecular weight excluding hydrogens is 464 g/mol. The fourth-order valence-electron chi connectivity index (χ4n) is 5.85. The highest BCUT2D eigenvalue weighted by Gasteiger charge is 2.47. The molecule has 2 aliphatic rings. The number of aliphatic hydroxyl groups excluding tert-OH is 1. The minimum atomic E-state index is -0.622. The molecule has 0 aromatic heterocycles. The van der Waals surface area contributed by atoms with E-state index in [9.17, 15) is 9.90 Å². The lowest BCUT2D eigenvalue weighted by atomic mass is 9.82. The van der Waals surface area contributed by atoms with E-state index in [0.717, 1.165) is 27.8 Å². The molecule has 0 saturated heterocycles. The number of fused-ring (bicyclic) bond motifs is 4. The highest BCUT2D eigenvalue weighted by atomic mass is 16.5. The topological polar surface area (TPSA) is 89.9 Å². The van der Waals surface area contributed by atoms with Crippen LogP contribution >= 0.6 is 0 Å². The molecule has 2 heterocycles. The Hall–Kier alpha value is -3.17. The van der Waals surface area contributed by atoms with Gasteiger partial charge < -0.3 is 33.7 Å². The lowest BCUT2D eigenvalue weighted by molar-refractivity contribution is -0.143. The highest BCUT2D eigenvalue weighted by molar-refractivity contribution is 5.85. The third-order valence-corrected chi connectivity index (χ3v) is 7.43. The summed E-state index contributed by atoms with van der Waals surface area (Å²) in [4.78, 5) is 17.9. The molecule has 4 rings (SSSR count). The minimum absolute atomic E-state index is 0.0764. The van der Waals surface area contributed by atoms with Crippen LogP contribution in [0.3, 0.4) is 0 Å². The first kappa shape index (κ1) is 25.9. The number of aryl methyl sites for hydroxylation is 1. The van der Waals surface area contributed by atoms with Gasteiger partial charge in [0.15, 0.2) is 23.0 Å². The summed E-state index contributed by atoms with van der Waals surface area (Å²) in [7, 11) is 11.7. The molecule has 0 aliphatic carbocycles. The Morgan fingerprint density at radius 1 is 0.917 bits per heavy atom. The number of hydrogen-bond acceptors (Lipinski definition) is 8. The molecule has 9 heteroatoms. The predicted molar refractivity (Wildman–Crippen MR) is 135 cm³/mol. The quantitative estimate of drug-likeness (QED) is 0.621. The van der Waals surface area contributed by atoms with E-state index in [2.05, 4.69) is 6.07 Å². The number of likely N-dealkylation sites (N-methyl/N-ethyl adjacent to an activating group) is 1. The van der Waals surface area contributed by atoms with Crippen LogP contribution in [0.15, 0.2) is 12.1 Å². The van der Waals surface area contributed by atoms with E-state index in [4.69, 9.17) is 23.7 Å². The second kappa shape index (κ2) is 10.1. The van der Waals surface area contributed by atoms with Gasteiger partial charge in [0.05, 0.1) is 60.3 Å². The summed E-state index contributed by atoms with van der Waals surface area (Å²) in [6.07, 6.45) is 0.955. The Bertz CT molecular complexity index is 1160. The van der Waals surface area contributed by atoms with Crippen LogP contribution in [0, 0.1) is 6.92 Å². The minimum Gasteiger partial charge on any atom is -0.493 e. The standard InChI is InChI=1S/C27H36N2O7/c1-14-9-15-10-18-16-12-21(32-4)25(35-7)24(34-6)17(16)11-19(28(2)3)27(31)29(18)20(13-30)22(15)26(36-8)23(14)33-5/h9,12,18-20,30H,10-11,13H2,1-8H3/t18-,19?,20-/m0/s1. The zero-order valence-electron chi connectivity index (χ0n) is 22.3. The summed E-state index contributed by atoms with van der Waals surface area (Å²) in [6, 6.07) is 2.55.